The highest BCUT2D eigenvalue weighted by atomic mass is 16.5. The van der Waals surface area contributed by atoms with E-state index in [9.17, 15) is 0 Å². The molecular formula is C11H18N4O. The molecule has 1 saturated heterocycles. The zero-order chi connectivity index (χ0) is 11.6. The summed E-state index contributed by atoms with van der Waals surface area (Å²) >= 11 is 0. The lowest BCUT2D eigenvalue weighted by molar-refractivity contribution is 0.0644. The maximum Gasteiger partial charge on any atom is 0.141 e. The summed E-state index contributed by atoms with van der Waals surface area (Å²) in [4.78, 5) is 6.42. The maximum atomic E-state index is 5.50. The topological polar surface area (TPSA) is 63.4 Å². The van der Waals surface area contributed by atoms with E-state index in [2.05, 4.69) is 29.2 Å². The van der Waals surface area contributed by atoms with Crippen molar-refractivity contribution in [2.24, 2.45) is 5.84 Å². The van der Waals surface area contributed by atoms with E-state index in [-0.39, 0.29) is 5.54 Å². The summed E-state index contributed by atoms with van der Waals surface area (Å²) in [5, 5.41) is 0. The Hall–Kier alpha value is -1.33. The van der Waals surface area contributed by atoms with Crippen LogP contribution in [-0.2, 0) is 4.74 Å². The van der Waals surface area contributed by atoms with Gasteiger partial charge in [0.15, 0.2) is 0 Å². The maximum absolute atomic E-state index is 5.50. The second-order valence-electron chi connectivity index (χ2n) is 4.56. The van der Waals surface area contributed by atoms with Crippen LogP contribution in [0.3, 0.4) is 0 Å². The molecule has 2 rings (SSSR count). The van der Waals surface area contributed by atoms with Gasteiger partial charge in [0.2, 0.25) is 0 Å². The Balaban J connectivity index is 2.27. The second kappa shape index (κ2) is 4.27. The molecule has 1 aliphatic rings. The fourth-order valence-electron chi connectivity index (χ4n) is 2.00. The summed E-state index contributed by atoms with van der Waals surface area (Å²) in [7, 11) is 0. The number of hydrogen-bond donors (Lipinski definition) is 2. The lowest BCUT2D eigenvalue weighted by Crippen LogP contribution is -2.53. The number of anilines is 2. The fraction of sp³-hybridized carbons (Fsp3) is 0.545. The van der Waals surface area contributed by atoms with Gasteiger partial charge in [0.25, 0.3) is 0 Å². The average molecular weight is 222 g/mol. The van der Waals surface area contributed by atoms with E-state index < -0.39 is 0 Å². The lowest BCUT2D eigenvalue weighted by Gasteiger charge is -2.43. The average Bonchev–Trinajstić information content (AvgIpc) is 2.28. The van der Waals surface area contributed by atoms with Crippen LogP contribution < -0.4 is 16.2 Å². The summed E-state index contributed by atoms with van der Waals surface area (Å²) in [6.45, 7) is 6.73. The van der Waals surface area contributed by atoms with Crippen LogP contribution in [0.5, 0.6) is 0 Å². The van der Waals surface area contributed by atoms with Gasteiger partial charge in [-0.1, -0.05) is 0 Å². The van der Waals surface area contributed by atoms with Crippen molar-refractivity contribution < 1.29 is 4.74 Å². The first-order valence-corrected chi connectivity index (χ1v) is 5.41. The smallest absolute Gasteiger partial charge is 0.141 e. The molecule has 88 valence electrons. The number of nitrogen functional groups attached to an aromatic ring is 1. The Labute approximate surface area is 95.6 Å². The van der Waals surface area contributed by atoms with Crippen molar-refractivity contribution in [2.45, 2.75) is 19.4 Å². The van der Waals surface area contributed by atoms with Gasteiger partial charge in [0, 0.05) is 24.5 Å². The van der Waals surface area contributed by atoms with Gasteiger partial charge in [-0.15, -0.1) is 0 Å². The third-order valence-corrected chi connectivity index (χ3v) is 2.85. The molecule has 1 fully saturated rings. The Kier molecular flexibility index (Phi) is 2.98. The molecule has 1 aliphatic heterocycles. The molecular weight excluding hydrogens is 204 g/mol. The Morgan fingerprint density at radius 1 is 1.56 bits per heavy atom. The predicted molar refractivity (Wildman–Crippen MR) is 64.3 cm³/mol. The number of morpholine rings is 1. The standard InChI is InChI=1S/C11H18N4O/c1-11(2)8-16-6-5-15(11)9-3-4-13-10(7-9)14-12/h3-4,7H,5-6,8,12H2,1-2H3,(H,13,14). The van der Waals surface area contributed by atoms with Gasteiger partial charge in [-0.3, -0.25) is 0 Å². The van der Waals surface area contributed by atoms with E-state index in [0.29, 0.717) is 5.82 Å². The van der Waals surface area contributed by atoms with E-state index in [1.807, 2.05) is 12.1 Å². The quantitative estimate of drug-likeness (QED) is 0.577. The van der Waals surface area contributed by atoms with E-state index in [1.165, 1.54) is 0 Å². The number of pyridine rings is 1. The predicted octanol–water partition coefficient (Wildman–Crippen LogP) is 0.982. The zero-order valence-electron chi connectivity index (χ0n) is 9.73. The van der Waals surface area contributed by atoms with E-state index in [0.717, 1.165) is 25.4 Å². The molecule has 0 saturated carbocycles. The van der Waals surface area contributed by atoms with Crippen LogP contribution in [0.15, 0.2) is 18.3 Å². The molecule has 1 aromatic rings. The summed E-state index contributed by atoms with van der Waals surface area (Å²) in [6.07, 6.45) is 1.76. The Morgan fingerprint density at radius 3 is 3.06 bits per heavy atom. The molecule has 1 aromatic heterocycles. The third kappa shape index (κ3) is 2.10. The molecule has 5 heteroatoms. The molecule has 0 amide bonds. The summed E-state index contributed by atoms with van der Waals surface area (Å²) in [5.41, 5.74) is 3.69. The molecule has 2 heterocycles. The van der Waals surface area contributed by atoms with Gasteiger partial charge < -0.3 is 15.1 Å². The highest BCUT2D eigenvalue weighted by Gasteiger charge is 2.30. The van der Waals surface area contributed by atoms with Crippen LogP contribution in [0.4, 0.5) is 11.5 Å². The molecule has 0 aromatic carbocycles. The minimum absolute atomic E-state index is 0.00543. The van der Waals surface area contributed by atoms with E-state index in [1.54, 1.807) is 6.20 Å². The molecule has 0 bridgehead atoms. The highest BCUT2D eigenvalue weighted by molar-refractivity contribution is 5.55. The number of rotatable bonds is 2. The van der Waals surface area contributed by atoms with Gasteiger partial charge in [-0.25, -0.2) is 10.8 Å². The number of aromatic nitrogens is 1. The SMILES string of the molecule is CC1(C)COCCN1c1ccnc(NN)c1. The fourth-order valence-corrected chi connectivity index (χ4v) is 2.00. The number of hydrazine groups is 1. The van der Waals surface area contributed by atoms with Crippen molar-refractivity contribution in [3.8, 4) is 0 Å². The summed E-state index contributed by atoms with van der Waals surface area (Å²) in [6, 6.07) is 3.95. The minimum Gasteiger partial charge on any atom is -0.377 e. The molecule has 5 nitrogen and oxygen atoms in total. The van der Waals surface area contributed by atoms with Gasteiger partial charge in [-0.2, -0.15) is 0 Å². The van der Waals surface area contributed by atoms with Crippen molar-refractivity contribution >= 4 is 11.5 Å². The number of nitrogens with zero attached hydrogens (tertiary/aromatic N) is 2. The van der Waals surface area contributed by atoms with Crippen molar-refractivity contribution in [3.05, 3.63) is 18.3 Å². The molecule has 0 unspecified atom stereocenters. The van der Waals surface area contributed by atoms with Crippen molar-refractivity contribution in [3.63, 3.8) is 0 Å². The zero-order valence-corrected chi connectivity index (χ0v) is 9.73. The Morgan fingerprint density at radius 2 is 2.38 bits per heavy atom. The van der Waals surface area contributed by atoms with Crippen LogP contribution >= 0.6 is 0 Å². The number of nitrogens with two attached hydrogens (primary N) is 1. The largest absolute Gasteiger partial charge is 0.377 e. The third-order valence-electron chi connectivity index (χ3n) is 2.85. The van der Waals surface area contributed by atoms with Crippen molar-refractivity contribution in [2.75, 3.05) is 30.1 Å². The molecule has 0 spiro atoms. The molecule has 3 N–H and O–H groups in total. The normalized spacial score (nSPS) is 19.6. The van der Waals surface area contributed by atoms with Gasteiger partial charge in [-0.05, 0) is 19.9 Å². The lowest BCUT2D eigenvalue weighted by atomic mass is 10.0. The van der Waals surface area contributed by atoms with Crippen molar-refractivity contribution in [1.29, 1.82) is 0 Å². The Bertz CT molecular complexity index is 367. The van der Waals surface area contributed by atoms with Crippen LogP contribution in [0.2, 0.25) is 0 Å². The van der Waals surface area contributed by atoms with Crippen LogP contribution in [0.25, 0.3) is 0 Å². The first-order chi connectivity index (χ1) is 7.63. The molecule has 0 atom stereocenters. The van der Waals surface area contributed by atoms with Crippen LogP contribution in [-0.4, -0.2) is 30.3 Å². The number of nitrogens with one attached hydrogen (secondary N) is 1. The van der Waals surface area contributed by atoms with E-state index in [4.69, 9.17) is 10.6 Å². The number of ether oxygens (including phenoxy) is 1. The van der Waals surface area contributed by atoms with E-state index >= 15 is 0 Å². The first kappa shape index (κ1) is 11.2. The molecule has 0 radical (unpaired) electrons. The molecule has 16 heavy (non-hydrogen) atoms. The highest BCUT2D eigenvalue weighted by Crippen LogP contribution is 2.27. The van der Waals surface area contributed by atoms with Crippen LogP contribution in [0, 0.1) is 0 Å². The van der Waals surface area contributed by atoms with Gasteiger partial charge >= 0.3 is 0 Å². The monoisotopic (exact) mass is 222 g/mol. The summed E-state index contributed by atoms with van der Waals surface area (Å²) < 4.78 is 5.50. The van der Waals surface area contributed by atoms with Gasteiger partial charge in [0.1, 0.15) is 5.82 Å². The van der Waals surface area contributed by atoms with Gasteiger partial charge in [0.05, 0.1) is 18.8 Å². The second-order valence-corrected chi connectivity index (χ2v) is 4.56. The minimum atomic E-state index is 0.00543. The number of hydrogen-bond acceptors (Lipinski definition) is 5. The summed E-state index contributed by atoms with van der Waals surface area (Å²) in [5.74, 6) is 6.04. The molecule has 0 aliphatic carbocycles. The van der Waals surface area contributed by atoms with Crippen molar-refractivity contribution in [1.82, 2.24) is 4.98 Å². The first-order valence-electron chi connectivity index (χ1n) is 5.41. The van der Waals surface area contributed by atoms with Crippen LogP contribution in [0.1, 0.15) is 13.8 Å².